The number of alkyl halides is 2. The number of nitrogens with one attached hydrogen (secondary N) is 1. The van der Waals surface area contributed by atoms with Gasteiger partial charge in [0.05, 0.1) is 5.75 Å². The molecule has 8 heteroatoms. The second-order valence-corrected chi connectivity index (χ2v) is 9.81. The Morgan fingerprint density at radius 3 is 2.50 bits per heavy atom. The average molecular weight is 420 g/mol. The highest BCUT2D eigenvalue weighted by molar-refractivity contribution is 7.89. The van der Waals surface area contributed by atoms with E-state index >= 15 is 0 Å². The predicted molar refractivity (Wildman–Crippen MR) is 107 cm³/mol. The van der Waals surface area contributed by atoms with E-state index in [-0.39, 0.29) is 29.9 Å². The summed E-state index contributed by atoms with van der Waals surface area (Å²) in [4.78, 5) is 0. The van der Waals surface area contributed by atoms with Crippen molar-refractivity contribution < 1.29 is 27.0 Å². The van der Waals surface area contributed by atoms with Gasteiger partial charge >= 0.3 is 0 Å². The Labute approximate surface area is 166 Å². The first-order chi connectivity index (χ1) is 12.9. The van der Waals surface area contributed by atoms with Crippen LogP contribution in [-0.4, -0.2) is 38.9 Å². The number of hydrogen-bond donors (Lipinski definition) is 2. The summed E-state index contributed by atoms with van der Waals surface area (Å²) in [5.74, 6) is 0.0121. The van der Waals surface area contributed by atoms with Gasteiger partial charge in [0.2, 0.25) is 10.0 Å². The molecule has 1 aromatic carbocycles. The highest BCUT2D eigenvalue weighted by atomic mass is 32.2. The molecule has 0 saturated carbocycles. The van der Waals surface area contributed by atoms with Crippen molar-refractivity contribution in [3.63, 3.8) is 0 Å². The molecular formula is C20H31F2NO4S. The summed E-state index contributed by atoms with van der Waals surface area (Å²) in [5.41, 5.74) is -1.01. The molecule has 1 unspecified atom stereocenters. The summed E-state index contributed by atoms with van der Waals surface area (Å²) >= 11 is 0. The fourth-order valence-electron chi connectivity index (χ4n) is 2.39. The smallest absolute Gasteiger partial charge is 0.272 e. The Bertz CT molecular complexity index is 745. The van der Waals surface area contributed by atoms with Crippen LogP contribution in [0.3, 0.4) is 0 Å². The predicted octanol–water partition coefficient (Wildman–Crippen LogP) is 3.84. The first kappa shape index (κ1) is 24.5. The van der Waals surface area contributed by atoms with Crippen LogP contribution in [0.4, 0.5) is 8.78 Å². The zero-order valence-electron chi connectivity index (χ0n) is 16.9. The van der Waals surface area contributed by atoms with E-state index in [1.807, 2.05) is 6.08 Å². The molecule has 0 aliphatic heterocycles. The third kappa shape index (κ3) is 9.12. The largest absolute Gasteiger partial charge is 0.488 e. The van der Waals surface area contributed by atoms with Crippen LogP contribution in [0.1, 0.15) is 46.1 Å². The van der Waals surface area contributed by atoms with Gasteiger partial charge < -0.3 is 9.84 Å². The lowest BCUT2D eigenvalue weighted by molar-refractivity contribution is 0.0374. The number of benzene rings is 1. The number of allylic oxidation sites excluding steroid dienone is 1. The standard InChI is InChI=1S/C20H31F2NO4S/c1-5-20(24,16-9-8-10-17(13-16)27-14-18(21)22)15-23-28(25,26)12-7-6-11-19(2,3)4/h6-10,13,18,23-24H,5,11-12,14-15H2,1-4H3. The summed E-state index contributed by atoms with van der Waals surface area (Å²) in [6.07, 6.45) is 1.80. The summed E-state index contributed by atoms with van der Waals surface area (Å²) < 4.78 is 56.4. The molecule has 1 atom stereocenters. The van der Waals surface area contributed by atoms with E-state index in [2.05, 4.69) is 25.5 Å². The van der Waals surface area contributed by atoms with Crippen LogP contribution in [0.5, 0.6) is 5.75 Å². The Kier molecular flexibility index (Phi) is 9.04. The Morgan fingerprint density at radius 1 is 1.25 bits per heavy atom. The molecule has 0 aliphatic rings. The quantitative estimate of drug-likeness (QED) is 0.535. The summed E-state index contributed by atoms with van der Waals surface area (Å²) in [6, 6.07) is 6.13. The lowest BCUT2D eigenvalue weighted by atomic mass is 9.91. The minimum Gasteiger partial charge on any atom is -0.488 e. The molecule has 0 radical (unpaired) electrons. The van der Waals surface area contributed by atoms with Crippen molar-refractivity contribution in [2.75, 3.05) is 18.9 Å². The van der Waals surface area contributed by atoms with Gasteiger partial charge in [-0.3, -0.25) is 0 Å². The van der Waals surface area contributed by atoms with Crippen molar-refractivity contribution in [3.05, 3.63) is 42.0 Å². The molecule has 5 nitrogen and oxygen atoms in total. The zero-order chi connectivity index (χ0) is 21.4. The summed E-state index contributed by atoms with van der Waals surface area (Å²) in [7, 11) is -3.61. The highest BCUT2D eigenvalue weighted by Gasteiger charge is 2.29. The lowest BCUT2D eigenvalue weighted by Crippen LogP contribution is -2.41. The van der Waals surface area contributed by atoms with E-state index in [9.17, 15) is 22.3 Å². The monoisotopic (exact) mass is 419 g/mol. The van der Waals surface area contributed by atoms with Crippen molar-refractivity contribution in [3.8, 4) is 5.75 Å². The first-order valence-electron chi connectivity index (χ1n) is 9.23. The summed E-state index contributed by atoms with van der Waals surface area (Å²) in [5, 5.41) is 10.9. The van der Waals surface area contributed by atoms with Crippen molar-refractivity contribution in [1.29, 1.82) is 0 Å². The molecule has 0 amide bonds. The maximum atomic E-state index is 12.3. The van der Waals surface area contributed by atoms with Crippen LogP contribution in [0, 0.1) is 5.41 Å². The SMILES string of the molecule is CCC(O)(CNS(=O)(=O)CC=CCC(C)(C)C)c1cccc(OCC(F)F)c1. The maximum Gasteiger partial charge on any atom is 0.272 e. The Morgan fingerprint density at radius 2 is 1.93 bits per heavy atom. The summed E-state index contributed by atoms with van der Waals surface area (Å²) in [6.45, 7) is 6.92. The normalized spacial score (nSPS) is 15.1. The molecular weight excluding hydrogens is 388 g/mol. The minimum absolute atomic E-state index is 0.0769. The molecule has 2 N–H and O–H groups in total. The number of sulfonamides is 1. The van der Waals surface area contributed by atoms with E-state index in [1.165, 1.54) is 12.1 Å². The van der Waals surface area contributed by atoms with Crippen LogP contribution >= 0.6 is 0 Å². The zero-order valence-corrected chi connectivity index (χ0v) is 17.7. The van der Waals surface area contributed by atoms with E-state index in [0.29, 0.717) is 5.56 Å². The molecule has 0 spiro atoms. The van der Waals surface area contributed by atoms with Crippen molar-refractivity contribution >= 4 is 10.0 Å². The van der Waals surface area contributed by atoms with Gasteiger partial charge in [-0.15, -0.1) is 0 Å². The topological polar surface area (TPSA) is 75.6 Å². The molecule has 0 aliphatic carbocycles. The second-order valence-electron chi connectivity index (χ2n) is 7.95. The number of hydrogen-bond acceptors (Lipinski definition) is 4. The molecule has 0 aromatic heterocycles. The van der Waals surface area contributed by atoms with Crippen LogP contribution < -0.4 is 9.46 Å². The van der Waals surface area contributed by atoms with Gasteiger partial charge in [-0.05, 0) is 36.0 Å². The minimum atomic E-state index is -3.61. The first-order valence-corrected chi connectivity index (χ1v) is 10.9. The van der Waals surface area contributed by atoms with E-state index in [1.54, 1.807) is 25.1 Å². The molecule has 1 rings (SSSR count). The van der Waals surface area contributed by atoms with Crippen LogP contribution in [-0.2, 0) is 15.6 Å². The van der Waals surface area contributed by atoms with Gasteiger partial charge in [0.1, 0.15) is 18.0 Å². The number of rotatable bonds is 11. The van der Waals surface area contributed by atoms with Crippen molar-refractivity contribution in [1.82, 2.24) is 4.72 Å². The Balaban J connectivity index is 2.77. The molecule has 1 aromatic rings. The third-order valence-corrected chi connectivity index (χ3v) is 5.34. The van der Waals surface area contributed by atoms with Gasteiger partial charge in [-0.1, -0.05) is 52.0 Å². The van der Waals surface area contributed by atoms with Crippen molar-refractivity contribution in [2.24, 2.45) is 5.41 Å². The van der Waals surface area contributed by atoms with Crippen molar-refractivity contribution in [2.45, 2.75) is 52.6 Å². The fraction of sp³-hybridized carbons (Fsp3) is 0.600. The molecule has 0 fully saturated rings. The Hall–Kier alpha value is -1.51. The number of ether oxygens (including phenoxy) is 1. The van der Waals surface area contributed by atoms with Gasteiger partial charge in [-0.2, -0.15) is 0 Å². The molecule has 0 heterocycles. The molecule has 0 saturated heterocycles. The van der Waals surface area contributed by atoms with Gasteiger partial charge in [-0.25, -0.2) is 21.9 Å². The number of halogens is 2. The lowest BCUT2D eigenvalue weighted by Gasteiger charge is -2.28. The van der Waals surface area contributed by atoms with Crippen LogP contribution in [0.2, 0.25) is 0 Å². The average Bonchev–Trinajstić information content (AvgIpc) is 2.61. The van der Waals surface area contributed by atoms with E-state index in [0.717, 1.165) is 6.42 Å². The maximum absolute atomic E-state index is 12.3. The van der Waals surface area contributed by atoms with Crippen LogP contribution in [0.25, 0.3) is 0 Å². The molecule has 0 bridgehead atoms. The van der Waals surface area contributed by atoms with Gasteiger partial charge in [0.25, 0.3) is 6.43 Å². The number of aliphatic hydroxyl groups is 1. The van der Waals surface area contributed by atoms with Gasteiger partial charge in [0.15, 0.2) is 0 Å². The molecule has 28 heavy (non-hydrogen) atoms. The highest BCUT2D eigenvalue weighted by Crippen LogP contribution is 2.28. The van der Waals surface area contributed by atoms with Gasteiger partial charge in [0, 0.05) is 6.54 Å². The van der Waals surface area contributed by atoms with Crippen LogP contribution in [0.15, 0.2) is 36.4 Å². The van der Waals surface area contributed by atoms with E-state index in [4.69, 9.17) is 4.74 Å². The third-order valence-electron chi connectivity index (χ3n) is 4.13. The fourth-order valence-corrected chi connectivity index (χ4v) is 3.35. The van der Waals surface area contributed by atoms with E-state index < -0.39 is 28.7 Å². The second kappa shape index (κ2) is 10.3. The molecule has 160 valence electrons.